The lowest BCUT2D eigenvalue weighted by Gasteiger charge is -2.23. The summed E-state index contributed by atoms with van der Waals surface area (Å²) < 4.78 is 0. The Kier molecular flexibility index (Phi) is 4.98. The maximum absolute atomic E-state index is 3.75. The van der Waals surface area contributed by atoms with Gasteiger partial charge in [0.1, 0.15) is 0 Å². The second-order valence-corrected chi connectivity index (χ2v) is 12.8. The van der Waals surface area contributed by atoms with E-state index in [1.807, 2.05) is 0 Å². The largest absolute Gasteiger partial charge is 0.356 e. The second-order valence-electron chi connectivity index (χ2n) is 12.8. The Bertz CT molecular complexity index is 2020. The van der Waals surface area contributed by atoms with Gasteiger partial charge in [0.25, 0.3) is 0 Å². The molecule has 0 unspecified atom stereocenters. The molecule has 0 saturated heterocycles. The Morgan fingerprint density at radius 3 is 1.59 bits per heavy atom. The van der Waals surface area contributed by atoms with Gasteiger partial charge < -0.3 is 5.32 Å². The fraction of sp³-hybridized carbons (Fsp3) is 0.150. The Morgan fingerprint density at radius 2 is 0.878 bits per heavy atom. The zero-order valence-corrected chi connectivity index (χ0v) is 24.0. The average Bonchev–Trinajstić information content (AvgIpc) is 3.36. The third-order valence-corrected chi connectivity index (χ3v) is 9.63. The van der Waals surface area contributed by atoms with E-state index in [-0.39, 0.29) is 10.8 Å². The minimum atomic E-state index is -0.0865. The molecule has 0 bridgehead atoms. The normalized spacial score (nSPS) is 15.2. The standard InChI is InChI=1S/C40H33N/c1-39(2)35-12-8-7-11-31(35)33-19-16-29(23-37(33)39)41-30-17-20-34-32-18-15-28(22-36(32)40(3,4)38(34)24-30)27-14-13-25-9-5-6-10-26(25)21-27/h5-24,41H,1-4H3. The summed E-state index contributed by atoms with van der Waals surface area (Å²) >= 11 is 0. The fourth-order valence-electron chi connectivity index (χ4n) is 7.31. The SMILES string of the molecule is CC1(C)c2ccccc2-c2ccc(Nc3ccc4c(c3)C(C)(C)c3cc(-c5ccc6ccccc6c5)ccc3-4)cc21. The van der Waals surface area contributed by atoms with Crippen molar-refractivity contribution < 1.29 is 0 Å². The van der Waals surface area contributed by atoms with E-state index in [2.05, 4.69) is 154 Å². The lowest BCUT2D eigenvalue weighted by molar-refractivity contribution is 0.660. The molecule has 8 rings (SSSR count). The molecule has 2 aliphatic carbocycles. The molecule has 0 aromatic heterocycles. The van der Waals surface area contributed by atoms with Crippen LogP contribution in [-0.2, 0) is 10.8 Å². The Balaban J connectivity index is 1.13. The summed E-state index contributed by atoms with van der Waals surface area (Å²) in [6.07, 6.45) is 0. The van der Waals surface area contributed by atoms with E-state index in [0.29, 0.717) is 0 Å². The van der Waals surface area contributed by atoms with Gasteiger partial charge in [-0.1, -0.05) is 113 Å². The molecule has 0 heterocycles. The van der Waals surface area contributed by atoms with Crippen LogP contribution in [0.3, 0.4) is 0 Å². The van der Waals surface area contributed by atoms with Gasteiger partial charge >= 0.3 is 0 Å². The summed E-state index contributed by atoms with van der Waals surface area (Å²) in [6, 6.07) is 45.0. The molecule has 0 fully saturated rings. The van der Waals surface area contributed by atoms with E-state index in [4.69, 9.17) is 0 Å². The Morgan fingerprint density at radius 1 is 0.390 bits per heavy atom. The molecule has 0 aliphatic heterocycles. The molecule has 6 aromatic carbocycles. The van der Waals surface area contributed by atoms with Gasteiger partial charge in [-0.05, 0) is 103 Å². The van der Waals surface area contributed by atoms with Crippen molar-refractivity contribution in [3.05, 3.63) is 144 Å². The van der Waals surface area contributed by atoms with Crippen molar-refractivity contribution in [2.75, 3.05) is 5.32 Å². The van der Waals surface area contributed by atoms with Gasteiger partial charge in [-0.3, -0.25) is 0 Å². The van der Waals surface area contributed by atoms with Gasteiger partial charge in [-0.15, -0.1) is 0 Å². The van der Waals surface area contributed by atoms with E-state index < -0.39 is 0 Å². The molecular formula is C40H33N. The summed E-state index contributed by atoms with van der Waals surface area (Å²) in [6.45, 7) is 9.40. The quantitative estimate of drug-likeness (QED) is 0.241. The first-order chi connectivity index (χ1) is 19.8. The lowest BCUT2D eigenvalue weighted by Crippen LogP contribution is -2.15. The first-order valence-electron chi connectivity index (χ1n) is 14.6. The molecule has 0 saturated carbocycles. The van der Waals surface area contributed by atoms with E-state index in [1.54, 1.807) is 0 Å². The molecule has 1 nitrogen and oxygen atoms in total. The Labute approximate surface area is 242 Å². The molecule has 1 heteroatoms. The molecule has 2 aliphatic rings. The maximum Gasteiger partial charge on any atom is 0.0387 e. The molecule has 1 N–H and O–H groups in total. The van der Waals surface area contributed by atoms with Crippen molar-refractivity contribution in [3.63, 3.8) is 0 Å². The van der Waals surface area contributed by atoms with E-state index >= 15 is 0 Å². The number of hydrogen-bond donors (Lipinski definition) is 1. The van der Waals surface area contributed by atoms with Gasteiger partial charge in [-0.2, -0.15) is 0 Å². The highest BCUT2D eigenvalue weighted by atomic mass is 14.9. The minimum absolute atomic E-state index is 0.00602. The molecule has 198 valence electrons. The highest BCUT2D eigenvalue weighted by Crippen LogP contribution is 2.52. The van der Waals surface area contributed by atoms with Crippen molar-refractivity contribution in [1.82, 2.24) is 0 Å². The van der Waals surface area contributed by atoms with Crippen LogP contribution in [0.5, 0.6) is 0 Å². The zero-order chi connectivity index (χ0) is 27.9. The first-order valence-corrected chi connectivity index (χ1v) is 14.6. The number of benzene rings is 6. The summed E-state index contributed by atoms with van der Waals surface area (Å²) in [4.78, 5) is 0. The summed E-state index contributed by atoms with van der Waals surface area (Å²) in [5.41, 5.74) is 15.7. The number of hydrogen-bond acceptors (Lipinski definition) is 1. The van der Waals surface area contributed by atoms with Crippen LogP contribution in [0.1, 0.15) is 49.9 Å². The smallest absolute Gasteiger partial charge is 0.0387 e. The highest BCUT2D eigenvalue weighted by molar-refractivity contribution is 5.90. The average molecular weight is 528 g/mol. The Hall–Kier alpha value is -4.62. The number of nitrogens with one attached hydrogen (secondary N) is 1. The van der Waals surface area contributed by atoms with Crippen LogP contribution in [0.2, 0.25) is 0 Å². The predicted molar refractivity (Wildman–Crippen MR) is 174 cm³/mol. The topological polar surface area (TPSA) is 12.0 Å². The molecule has 0 atom stereocenters. The van der Waals surface area contributed by atoms with E-state index in [9.17, 15) is 0 Å². The third-order valence-electron chi connectivity index (χ3n) is 9.63. The molecule has 0 radical (unpaired) electrons. The van der Waals surface area contributed by atoms with Crippen LogP contribution >= 0.6 is 0 Å². The van der Waals surface area contributed by atoms with Gasteiger partial charge in [0.15, 0.2) is 0 Å². The van der Waals surface area contributed by atoms with Gasteiger partial charge in [0.2, 0.25) is 0 Å². The highest BCUT2D eigenvalue weighted by Gasteiger charge is 2.37. The van der Waals surface area contributed by atoms with Crippen LogP contribution < -0.4 is 5.32 Å². The fourth-order valence-corrected chi connectivity index (χ4v) is 7.31. The summed E-state index contributed by atoms with van der Waals surface area (Å²) in [7, 11) is 0. The van der Waals surface area contributed by atoms with Crippen molar-refractivity contribution >= 4 is 22.1 Å². The van der Waals surface area contributed by atoms with E-state index in [1.165, 1.54) is 66.4 Å². The molecule has 0 spiro atoms. The van der Waals surface area contributed by atoms with Gasteiger partial charge in [0, 0.05) is 22.2 Å². The van der Waals surface area contributed by atoms with Crippen molar-refractivity contribution in [1.29, 1.82) is 0 Å². The summed E-state index contributed by atoms with van der Waals surface area (Å²) in [5.74, 6) is 0. The van der Waals surface area contributed by atoms with Crippen molar-refractivity contribution in [2.24, 2.45) is 0 Å². The molecule has 0 amide bonds. The van der Waals surface area contributed by atoms with Crippen LogP contribution in [0, 0.1) is 0 Å². The zero-order valence-electron chi connectivity index (χ0n) is 24.0. The second kappa shape index (κ2) is 8.44. The lowest BCUT2D eigenvalue weighted by atomic mass is 9.81. The maximum atomic E-state index is 3.75. The number of fused-ring (bicyclic) bond motifs is 7. The minimum Gasteiger partial charge on any atom is -0.356 e. The predicted octanol–water partition coefficient (Wildman–Crippen LogP) is 10.9. The van der Waals surface area contributed by atoms with Crippen molar-refractivity contribution in [3.8, 4) is 33.4 Å². The monoisotopic (exact) mass is 527 g/mol. The number of anilines is 2. The molecule has 6 aromatic rings. The van der Waals surface area contributed by atoms with Gasteiger partial charge in [-0.25, -0.2) is 0 Å². The third kappa shape index (κ3) is 3.55. The summed E-state index contributed by atoms with van der Waals surface area (Å²) in [5, 5.41) is 6.31. The van der Waals surface area contributed by atoms with Crippen molar-refractivity contribution in [2.45, 2.75) is 38.5 Å². The molecular weight excluding hydrogens is 494 g/mol. The van der Waals surface area contributed by atoms with Crippen LogP contribution in [0.25, 0.3) is 44.2 Å². The molecule has 41 heavy (non-hydrogen) atoms. The van der Waals surface area contributed by atoms with Crippen LogP contribution in [-0.4, -0.2) is 0 Å². The first kappa shape index (κ1) is 24.2. The van der Waals surface area contributed by atoms with Crippen LogP contribution in [0.15, 0.2) is 121 Å². The van der Waals surface area contributed by atoms with Gasteiger partial charge in [0.05, 0.1) is 0 Å². The number of rotatable bonds is 3. The van der Waals surface area contributed by atoms with E-state index in [0.717, 1.165) is 11.4 Å². The van der Waals surface area contributed by atoms with Crippen LogP contribution in [0.4, 0.5) is 11.4 Å².